The second-order valence-corrected chi connectivity index (χ2v) is 5.97. The summed E-state index contributed by atoms with van der Waals surface area (Å²) < 4.78 is 21.2. The van der Waals surface area contributed by atoms with Gasteiger partial charge in [0, 0.05) is 15.4 Å². The zero-order valence-electron chi connectivity index (χ0n) is 14.2. The van der Waals surface area contributed by atoms with Crippen LogP contribution < -0.4 is 10.5 Å². The summed E-state index contributed by atoms with van der Waals surface area (Å²) in [6.45, 7) is 5.91. The van der Waals surface area contributed by atoms with E-state index in [2.05, 4.69) is 20.9 Å². The Labute approximate surface area is 149 Å². The Kier molecular flexibility index (Phi) is 5.78. The van der Waals surface area contributed by atoms with Crippen molar-refractivity contribution in [3.63, 3.8) is 0 Å². The Balaban J connectivity index is 0.00000100. The zero-order chi connectivity index (χ0) is 17.9. The third-order valence-electron chi connectivity index (χ3n) is 3.54. The van der Waals surface area contributed by atoms with Crippen molar-refractivity contribution in [1.29, 1.82) is 0 Å². The molecule has 5 heteroatoms. The molecule has 0 aliphatic heterocycles. The molecule has 0 atom stereocenters. The number of nitrogen functional groups attached to an aromatic ring is 1. The van der Waals surface area contributed by atoms with Crippen molar-refractivity contribution in [1.82, 2.24) is 4.98 Å². The van der Waals surface area contributed by atoms with Crippen molar-refractivity contribution >= 4 is 32.7 Å². The monoisotopic (exact) mass is 390 g/mol. The molecule has 2 N–H and O–H groups in total. The minimum Gasteiger partial charge on any atom is -0.496 e. The van der Waals surface area contributed by atoms with Crippen LogP contribution in [0.2, 0.25) is 0 Å². The predicted molar refractivity (Wildman–Crippen MR) is 102 cm³/mol. The molecule has 3 aromatic rings. The molecule has 0 spiro atoms. The van der Waals surface area contributed by atoms with Gasteiger partial charge in [0.1, 0.15) is 17.4 Å². The van der Waals surface area contributed by atoms with Gasteiger partial charge in [0.2, 0.25) is 0 Å². The summed E-state index contributed by atoms with van der Waals surface area (Å²) in [4.78, 5) is 4.32. The van der Waals surface area contributed by atoms with Gasteiger partial charge in [-0.3, -0.25) is 0 Å². The molecule has 0 fully saturated rings. The Hall–Kier alpha value is -2.14. The van der Waals surface area contributed by atoms with Crippen molar-refractivity contribution in [2.45, 2.75) is 20.8 Å². The normalized spacial score (nSPS) is 10.2. The number of nitrogens with two attached hydrogens (primary N) is 1. The minimum atomic E-state index is -0.383. The highest BCUT2D eigenvalue weighted by Crippen LogP contribution is 2.39. The molecule has 2 aromatic carbocycles. The van der Waals surface area contributed by atoms with Gasteiger partial charge in [0.05, 0.1) is 18.2 Å². The molecule has 0 aliphatic rings. The maximum Gasteiger partial charge on any atom is 0.144 e. The lowest BCUT2D eigenvalue weighted by Crippen LogP contribution is -2.01. The molecule has 1 heterocycles. The second kappa shape index (κ2) is 7.62. The largest absolute Gasteiger partial charge is 0.496 e. The SMILES string of the molecule is CC.COc1cc(Br)ccc1-c1c(N)nc2ccc(C)cc2c1F. The van der Waals surface area contributed by atoms with E-state index in [9.17, 15) is 0 Å². The highest BCUT2D eigenvalue weighted by Gasteiger charge is 2.18. The first-order valence-corrected chi connectivity index (χ1v) is 8.50. The molecule has 0 saturated carbocycles. The molecule has 0 bridgehead atoms. The molecule has 0 amide bonds. The molecule has 0 radical (unpaired) electrons. The molecule has 1 aromatic heterocycles. The summed E-state index contributed by atoms with van der Waals surface area (Å²) >= 11 is 3.38. The summed E-state index contributed by atoms with van der Waals surface area (Å²) in [5.74, 6) is 0.301. The van der Waals surface area contributed by atoms with Crippen molar-refractivity contribution in [2.24, 2.45) is 0 Å². The van der Waals surface area contributed by atoms with Crippen molar-refractivity contribution < 1.29 is 9.13 Å². The maximum atomic E-state index is 15.0. The molecule has 0 aliphatic carbocycles. The third kappa shape index (κ3) is 3.36. The number of rotatable bonds is 2. The first kappa shape index (κ1) is 18.2. The fraction of sp³-hybridized carbons (Fsp3) is 0.211. The van der Waals surface area contributed by atoms with Crippen molar-refractivity contribution in [2.75, 3.05) is 12.8 Å². The summed E-state index contributed by atoms with van der Waals surface area (Å²) in [7, 11) is 1.54. The Bertz CT molecular complexity index is 881. The van der Waals surface area contributed by atoms with Gasteiger partial charge in [-0.15, -0.1) is 0 Å². The molecule has 3 rings (SSSR count). The van der Waals surface area contributed by atoms with Crippen LogP contribution in [-0.4, -0.2) is 12.1 Å². The predicted octanol–water partition coefficient (Wildman–Crippen LogP) is 5.73. The lowest BCUT2D eigenvalue weighted by Gasteiger charge is -2.13. The molecule has 0 unspecified atom stereocenters. The number of aryl methyl sites for hydroxylation is 1. The summed E-state index contributed by atoms with van der Waals surface area (Å²) in [5, 5.41) is 0.453. The molecule has 24 heavy (non-hydrogen) atoms. The van der Waals surface area contributed by atoms with Crippen LogP contribution in [-0.2, 0) is 0 Å². The van der Waals surface area contributed by atoms with E-state index < -0.39 is 0 Å². The third-order valence-corrected chi connectivity index (χ3v) is 4.03. The van der Waals surface area contributed by atoms with E-state index in [0.717, 1.165) is 10.0 Å². The van der Waals surface area contributed by atoms with E-state index in [-0.39, 0.29) is 17.2 Å². The van der Waals surface area contributed by atoms with Crippen LogP contribution in [0, 0.1) is 12.7 Å². The number of nitrogens with zero attached hydrogens (tertiary/aromatic N) is 1. The maximum absolute atomic E-state index is 15.0. The van der Waals surface area contributed by atoms with Crippen LogP contribution in [0.5, 0.6) is 5.75 Å². The number of hydrogen-bond donors (Lipinski definition) is 1. The van der Waals surface area contributed by atoms with Crippen LogP contribution >= 0.6 is 15.9 Å². The first-order valence-electron chi connectivity index (χ1n) is 7.70. The van der Waals surface area contributed by atoms with Gasteiger partial charge in [-0.05, 0) is 37.3 Å². The van der Waals surface area contributed by atoms with E-state index >= 15 is 4.39 Å². The lowest BCUT2D eigenvalue weighted by molar-refractivity contribution is 0.416. The van der Waals surface area contributed by atoms with Gasteiger partial charge in [0.25, 0.3) is 0 Å². The molecular weight excluding hydrogens is 371 g/mol. The number of halogens is 2. The van der Waals surface area contributed by atoms with Gasteiger partial charge in [-0.1, -0.05) is 41.4 Å². The number of benzene rings is 2. The number of aromatic nitrogens is 1. The summed E-state index contributed by atoms with van der Waals surface area (Å²) in [5.41, 5.74) is 8.35. The van der Waals surface area contributed by atoms with Crippen LogP contribution in [0.15, 0.2) is 40.9 Å². The lowest BCUT2D eigenvalue weighted by atomic mass is 10.0. The van der Waals surface area contributed by atoms with E-state index in [4.69, 9.17) is 10.5 Å². The molecular formula is C19H20BrFN2O. The van der Waals surface area contributed by atoms with Gasteiger partial charge < -0.3 is 10.5 Å². The molecule has 0 saturated heterocycles. The number of hydrogen-bond acceptors (Lipinski definition) is 3. The summed E-state index contributed by atoms with van der Waals surface area (Å²) in [6.07, 6.45) is 0. The summed E-state index contributed by atoms with van der Waals surface area (Å²) in [6, 6.07) is 10.8. The Morgan fingerprint density at radius 3 is 2.50 bits per heavy atom. The molecule has 3 nitrogen and oxygen atoms in total. The van der Waals surface area contributed by atoms with Gasteiger partial charge in [-0.25, -0.2) is 9.37 Å². The molecule has 126 valence electrons. The standard InChI is InChI=1S/C17H14BrFN2O.C2H6/c1-9-3-6-13-12(7-9)16(19)15(17(20)21-13)11-5-4-10(18)8-14(11)22-2;1-2/h3-8H,1-2H3,(H2,20,21);1-2H3. The highest BCUT2D eigenvalue weighted by molar-refractivity contribution is 9.10. The smallest absolute Gasteiger partial charge is 0.144 e. The van der Waals surface area contributed by atoms with E-state index in [0.29, 0.717) is 22.2 Å². The Morgan fingerprint density at radius 2 is 1.83 bits per heavy atom. The quantitative estimate of drug-likeness (QED) is 0.607. The van der Waals surface area contributed by atoms with Crippen LogP contribution in [0.25, 0.3) is 22.0 Å². The van der Waals surface area contributed by atoms with E-state index in [1.54, 1.807) is 24.3 Å². The average molecular weight is 391 g/mol. The second-order valence-electron chi connectivity index (χ2n) is 5.05. The number of fused-ring (bicyclic) bond motifs is 1. The van der Waals surface area contributed by atoms with Gasteiger partial charge in [-0.2, -0.15) is 0 Å². The van der Waals surface area contributed by atoms with Crippen LogP contribution in [0.1, 0.15) is 19.4 Å². The van der Waals surface area contributed by atoms with Gasteiger partial charge in [0.15, 0.2) is 0 Å². The minimum absolute atomic E-state index is 0.148. The van der Waals surface area contributed by atoms with Crippen molar-refractivity contribution in [3.8, 4) is 16.9 Å². The number of ether oxygens (including phenoxy) is 1. The van der Waals surface area contributed by atoms with Crippen LogP contribution in [0.3, 0.4) is 0 Å². The fourth-order valence-corrected chi connectivity index (χ4v) is 2.82. The zero-order valence-corrected chi connectivity index (χ0v) is 15.7. The number of pyridine rings is 1. The van der Waals surface area contributed by atoms with E-state index in [1.807, 2.05) is 32.9 Å². The number of methoxy groups -OCH3 is 1. The first-order chi connectivity index (χ1) is 11.5. The van der Waals surface area contributed by atoms with E-state index in [1.165, 1.54) is 7.11 Å². The van der Waals surface area contributed by atoms with Crippen molar-refractivity contribution in [3.05, 3.63) is 52.3 Å². The average Bonchev–Trinajstić information content (AvgIpc) is 2.58. The topological polar surface area (TPSA) is 48.1 Å². The van der Waals surface area contributed by atoms with Crippen LogP contribution in [0.4, 0.5) is 10.2 Å². The highest BCUT2D eigenvalue weighted by atomic mass is 79.9. The fourth-order valence-electron chi connectivity index (χ4n) is 2.48. The van der Waals surface area contributed by atoms with Gasteiger partial charge >= 0.3 is 0 Å². The number of anilines is 1. The Morgan fingerprint density at radius 1 is 1.12 bits per heavy atom.